The first-order chi connectivity index (χ1) is 11.8. The molecule has 2 rings (SSSR count). The number of nitro benzene ring substituents is 1. The van der Waals surface area contributed by atoms with Gasteiger partial charge in [0.15, 0.2) is 5.78 Å². The van der Waals surface area contributed by atoms with Crippen molar-refractivity contribution in [1.29, 1.82) is 0 Å². The van der Waals surface area contributed by atoms with Gasteiger partial charge in [0.25, 0.3) is 0 Å². The van der Waals surface area contributed by atoms with E-state index in [4.69, 9.17) is 16.7 Å². The van der Waals surface area contributed by atoms with Crippen LogP contribution in [0.2, 0.25) is 5.02 Å². The predicted molar refractivity (Wildman–Crippen MR) is 98.9 cm³/mol. The Kier molecular flexibility index (Phi) is 6.50. The van der Waals surface area contributed by atoms with E-state index >= 15 is 0 Å². The van der Waals surface area contributed by atoms with Gasteiger partial charge in [-0.05, 0) is 56.1 Å². The number of nitrogens with one attached hydrogen (secondary N) is 1. The van der Waals surface area contributed by atoms with Crippen molar-refractivity contribution in [3.8, 4) is 0 Å². The van der Waals surface area contributed by atoms with Crippen LogP contribution in [-0.2, 0) is 0 Å². The average molecular weight is 497 g/mol. The van der Waals surface area contributed by atoms with Crippen LogP contribution in [0.5, 0.6) is 0 Å². The maximum Gasteiger partial charge on any atom is 0.307 e. The first kappa shape index (κ1) is 19.8. The number of carbonyl (C=O) groups is 1. The van der Waals surface area contributed by atoms with Crippen LogP contribution in [0, 0.1) is 15.9 Å². The zero-order valence-electron chi connectivity index (χ0n) is 12.4. The molecular weight excluding hydrogens is 486 g/mol. The van der Waals surface area contributed by atoms with Crippen LogP contribution in [0.3, 0.4) is 0 Å². The summed E-state index contributed by atoms with van der Waals surface area (Å²) in [6.07, 6.45) is 0. The summed E-state index contributed by atoms with van der Waals surface area (Å²) in [5.74, 6) is -1.34. The van der Waals surface area contributed by atoms with Crippen LogP contribution in [0.4, 0.5) is 15.8 Å². The molecule has 0 atom stereocenters. The molecule has 0 fully saturated rings. The summed E-state index contributed by atoms with van der Waals surface area (Å²) in [4.78, 5) is 23.5. The topological polar surface area (TPSA) is 92.5 Å². The van der Waals surface area contributed by atoms with Gasteiger partial charge in [0.1, 0.15) is 16.0 Å². The quantitative estimate of drug-likeness (QED) is 0.348. The lowest BCUT2D eigenvalue weighted by Crippen LogP contribution is -2.11. The summed E-state index contributed by atoms with van der Waals surface area (Å²) in [6.45, 7) is -0.144. The molecule has 0 amide bonds. The summed E-state index contributed by atoms with van der Waals surface area (Å²) in [6, 6.07) is 4.65. The number of nitrogens with zero attached hydrogens (tertiary/aromatic N) is 1. The van der Waals surface area contributed by atoms with Crippen molar-refractivity contribution < 1.29 is 19.2 Å². The predicted octanol–water partition coefficient (Wildman–Crippen LogP) is 4.55. The van der Waals surface area contributed by atoms with E-state index in [-0.39, 0.29) is 49.6 Å². The summed E-state index contributed by atoms with van der Waals surface area (Å²) >= 11 is 12.2. The van der Waals surface area contributed by atoms with Crippen LogP contribution in [0.1, 0.15) is 15.9 Å². The van der Waals surface area contributed by atoms with Crippen molar-refractivity contribution in [1.82, 2.24) is 0 Å². The highest BCUT2D eigenvalue weighted by atomic mass is 79.9. The molecule has 0 aromatic heterocycles. The number of aliphatic hydroxyl groups is 1. The van der Waals surface area contributed by atoms with E-state index in [1.54, 1.807) is 0 Å². The van der Waals surface area contributed by atoms with E-state index in [2.05, 4.69) is 37.2 Å². The van der Waals surface area contributed by atoms with Crippen LogP contribution in [0.15, 0.2) is 33.2 Å². The number of rotatable bonds is 6. The van der Waals surface area contributed by atoms with E-state index < -0.39 is 16.5 Å². The van der Waals surface area contributed by atoms with Crippen molar-refractivity contribution in [2.45, 2.75) is 0 Å². The number of nitro groups is 1. The first-order valence-corrected chi connectivity index (χ1v) is 8.75. The third-order valence-electron chi connectivity index (χ3n) is 3.20. The molecule has 25 heavy (non-hydrogen) atoms. The Labute approximate surface area is 163 Å². The number of ketones is 1. The monoisotopic (exact) mass is 494 g/mol. The Morgan fingerprint density at radius 2 is 2.04 bits per heavy atom. The molecule has 0 saturated carbocycles. The molecule has 0 heterocycles. The van der Waals surface area contributed by atoms with Crippen molar-refractivity contribution in [3.63, 3.8) is 0 Å². The highest BCUT2D eigenvalue weighted by molar-refractivity contribution is 9.11. The molecule has 132 valence electrons. The molecule has 0 saturated heterocycles. The summed E-state index contributed by atoms with van der Waals surface area (Å²) in [7, 11) is 0. The zero-order valence-corrected chi connectivity index (χ0v) is 16.3. The molecule has 0 spiro atoms. The number of aliphatic hydroxyl groups excluding tert-OH is 1. The van der Waals surface area contributed by atoms with E-state index in [9.17, 15) is 19.3 Å². The van der Waals surface area contributed by atoms with Crippen LogP contribution < -0.4 is 5.32 Å². The number of benzene rings is 2. The fourth-order valence-electron chi connectivity index (χ4n) is 2.13. The average Bonchev–Trinajstić information content (AvgIpc) is 2.54. The van der Waals surface area contributed by atoms with Crippen molar-refractivity contribution in [2.24, 2.45) is 0 Å². The van der Waals surface area contributed by atoms with Crippen molar-refractivity contribution >= 4 is 60.6 Å². The maximum atomic E-state index is 13.5. The summed E-state index contributed by atoms with van der Waals surface area (Å²) < 4.78 is 13.6. The smallest absolute Gasteiger partial charge is 0.307 e. The lowest BCUT2D eigenvalue weighted by Gasteiger charge is -2.13. The van der Waals surface area contributed by atoms with Gasteiger partial charge in [-0.1, -0.05) is 11.6 Å². The third kappa shape index (κ3) is 4.17. The Morgan fingerprint density at radius 3 is 2.64 bits per heavy atom. The standard InChI is InChI=1S/C15H10Br2ClFN2O4/c16-9-6-11(20-3-4-22)14(21(24)25)13(17)12(9)15(23)8-5-7(19)1-2-10(8)18/h1-2,5-6,20,22H,3-4H2. The van der Waals surface area contributed by atoms with Gasteiger partial charge in [-0.3, -0.25) is 14.9 Å². The van der Waals surface area contributed by atoms with Gasteiger partial charge >= 0.3 is 5.69 Å². The largest absolute Gasteiger partial charge is 0.395 e. The molecule has 0 aliphatic rings. The van der Waals surface area contributed by atoms with Crippen molar-refractivity contribution in [2.75, 3.05) is 18.5 Å². The molecule has 2 N–H and O–H groups in total. The number of anilines is 1. The molecule has 0 aliphatic heterocycles. The summed E-state index contributed by atoms with van der Waals surface area (Å²) in [5, 5.41) is 23.0. The minimum absolute atomic E-state index is 0.0235. The normalized spacial score (nSPS) is 10.6. The second kappa shape index (κ2) is 8.22. The molecular formula is C15H10Br2ClFN2O4. The lowest BCUT2D eigenvalue weighted by atomic mass is 10.0. The second-order valence-electron chi connectivity index (χ2n) is 4.80. The van der Waals surface area contributed by atoms with Crippen LogP contribution >= 0.6 is 43.5 Å². The van der Waals surface area contributed by atoms with Gasteiger partial charge < -0.3 is 10.4 Å². The molecule has 0 radical (unpaired) electrons. The molecule has 6 nitrogen and oxygen atoms in total. The molecule has 10 heteroatoms. The molecule has 2 aromatic rings. The van der Waals surface area contributed by atoms with Gasteiger partial charge in [-0.25, -0.2) is 4.39 Å². The molecule has 2 aromatic carbocycles. The Morgan fingerprint density at radius 1 is 1.36 bits per heavy atom. The minimum atomic E-state index is -0.681. The van der Waals surface area contributed by atoms with E-state index in [1.165, 1.54) is 12.1 Å². The fourth-order valence-corrected chi connectivity index (χ4v) is 3.96. The minimum Gasteiger partial charge on any atom is -0.395 e. The van der Waals surface area contributed by atoms with Crippen molar-refractivity contribution in [3.05, 3.63) is 65.3 Å². The number of halogens is 4. The van der Waals surface area contributed by atoms with E-state index in [0.717, 1.165) is 12.1 Å². The van der Waals surface area contributed by atoms with Crippen LogP contribution in [-0.4, -0.2) is 29.0 Å². The Balaban J connectivity index is 2.65. The van der Waals surface area contributed by atoms with Crippen LogP contribution in [0.25, 0.3) is 0 Å². The van der Waals surface area contributed by atoms with E-state index in [0.29, 0.717) is 0 Å². The fraction of sp³-hybridized carbons (Fsp3) is 0.133. The first-order valence-electron chi connectivity index (χ1n) is 6.78. The van der Waals surface area contributed by atoms with Gasteiger partial charge in [-0.15, -0.1) is 0 Å². The molecule has 0 aliphatic carbocycles. The maximum absolute atomic E-state index is 13.5. The van der Waals surface area contributed by atoms with Gasteiger partial charge in [0.2, 0.25) is 0 Å². The van der Waals surface area contributed by atoms with Gasteiger partial charge in [0.05, 0.1) is 22.1 Å². The highest BCUT2D eigenvalue weighted by Crippen LogP contribution is 2.41. The molecule has 0 bridgehead atoms. The Bertz CT molecular complexity index is 864. The number of hydrogen-bond donors (Lipinski definition) is 2. The second-order valence-corrected chi connectivity index (χ2v) is 6.86. The van der Waals surface area contributed by atoms with Gasteiger partial charge in [0, 0.05) is 16.6 Å². The van der Waals surface area contributed by atoms with Gasteiger partial charge in [-0.2, -0.15) is 0 Å². The highest BCUT2D eigenvalue weighted by Gasteiger charge is 2.29. The SMILES string of the molecule is O=C(c1cc(F)ccc1Cl)c1c(Br)cc(NCCO)c([N+](=O)[O-])c1Br. The lowest BCUT2D eigenvalue weighted by molar-refractivity contribution is -0.384. The third-order valence-corrected chi connectivity index (χ3v) is 4.93. The van der Waals surface area contributed by atoms with E-state index in [1.807, 2.05) is 0 Å². The summed E-state index contributed by atoms with van der Waals surface area (Å²) in [5.41, 5.74) is -0.450. The number of hydrogen-bond acceptors (Lipinski definition) is 5. The number of carbonyl (C=O) groups excluding carboxylic acids is 1. The zero-order chi connectivity index (χ0) is 18.7. The Hall–Kier alpha value is -1.55. The molecule has 0 unspecified atom stereocenters.